The summed E-state index contributed by atoms with van der Waals surface area (Å²) in [6.07, 6.45) is 0.987. The Kier molecular flexibility index (Phi) is 5.12. The molecule has 124 valence electrons. The zero-order valence-corrected chi connectivity index (χ0v) is 14.7. The molecule has 0 heterocycles. The largest absolute Gasteiger partial charge is 0.513 e. The number of hydrogen-bond donors (Lipinski definition) is 0. The Hall–Kier alpha value is -1.97. The minimum atomic E-state index is -0.739. The number of benzene rings is 3. The van der Waals surface area contributed by atoms with Gasteiger partial charge in [0.1, 0.15) is 0 Å². The molecule has 0 atom stereocenters. The molecule has 3 rings (SSSR count). The van der Waals surface area contributed by atoms with Gasteiger partial charge in [0.25, 0.3) is 0 Å². The third-order valence-corrected chi connectivity index (χ3v) is 4.30. The van der Waals surface area contributed by atoms with Crippen LogP contribution >= 0.6 is 23.2 Å². The summed E-state index contributed by atoms with van der Waals surface area (Å²) in [6, 6.07) is 13.0. The Bertz CT molecular complexity index is 906. The highest BCUT2D eigenvalue weighted by molar-refractivity contribution is 6.37. The minimum absolute atomic E-state index is 0.326. The van der Waals surface area contributed by atoms with Crippen molar-refractivity contribution < 1.29 is 14.3 Å². The third kappa shape index (κ3) is 3.42. The molecule has 3 aromatic rings. The van der Waals surface area contributed by atoms with Crippen LogP contribution in [0.25, 0.3) is 21.5 Å². The summed E-state index contributed by atoms with van der Waals surface area (Å²) in [7, 11) is 0. The van der Waals surface area contributed by atoms with Crippen molar-refractivity contribution in [2.45, 2.75) is 19.8 Å². The molecule has 0 aliphatic rings. The Morgan fingerprint density at radius 3 is 2.71 bits per heavy atom. The molecule has 0 N–H and O–H groups in total. The van der Waals surface area contributed by atoms with E-state index in [0.717, 1.165) is 29.0 Å². The summed E-state index contributed by atoms with van der Waals surface area (Å²) in [5.74, 6) is 0.372. The number of carbonyl (C=O) groups is 1. The Labute approximate surface area is 150 Å². The Balaban J connectivity index is 2.13. The molecule has 0 spiro atoms. The van der Waals surface area contributed by atoms with Gasteiger partial charge in [0.05, 0.1) is 11.6 Å². The smallest absolute Gasteiger partial charge is 0.434 e. The van der Waals surface area contributed by atoms with Crippen LogP contribution < -0.4 is 4.74 Å². The van der Waals surface area contributed by atoms with Gasteiger partial charge in [-0.3, -0.25) is 0 Å². The third-order valence-electron chi connectivity index (χ3n) is 3.75. The predicted octanol–water partition coefficient (Wildman–Crippen LogP) is 6.62. The second-order valence-corrected chi connectivity index (χ2v) is 6.31. The van der Waals surface area contributed by atoms with Gasteiger partial charge < -0.3 is 9.47 Å². The lowest BCUT2D eigenvalue weighted by Gasteiger charge is -2.13. The second-order valence-electron chi connectivity index (χ2n) is 5.46. The van der Waals surface area contributed by atoms with Gasteiger partial charge in [-0.05, 0) is 41.5 Å². The molecule has 0 aliphatic heterocycles. The van der Waals surface area contributed by atoms with Gasteiger partial charge in [-0.1, -0.05) is 54.7 Å². The molecule has 0 unspecified atom stereocenters. The van der Waals surface area contributed by atoms with Gasteiger partial charge in [0.15, 0.2) is 5.75 Å². The first-order valence-electron chi connectivity index (χ1n) is 7.75. The topological polar surface area (TPSA) is 35.5 Å². The first-order valence-corrected chi connectivity index (χ1v) is 8.51. The van der Waals surface area contributed by atoms with E-state index in [2.05, 4.69) is 0 Å². The van der Waals surface area contributed by atoms with Gasteiger partial charge in [-0.25, -0.2) is 4.79 Å². The van der Waals surface area contributed by atoms with Crippen LogP contribution in [-0.2, 0) is 4.74 Å². The minimum Gasteiger partial charge on any atom is -0.434 e. The molecule has 0 fully saturated rings. The number of unbranched alkanes of at least 4 members (excludes halogenated alkanes) is 1. The first kappa shape index (κ1) is 16.9. The van der Waals surface area contributed by atoms with Gasteiger partial charge in [0, 0.05) is 15.8 Å². The summed E-state index contributed by atoms with van der Waals surface area (Å²) in [4.78, 5) is 12.1. The molecule has 0 saturated carbocycles. The number of ether oxygens (including phenoxy) is 2. The van der Waals surface area contributed by atoms with E-state index in [-0.39, 0.29) is 0 Å². The summed E-state index contributed by atoms with van der Waals surface area (Å²) in [5, 5.41) is 4.24. The fourth-order valence-corrected chi connectivity index (χ4v) is 3.01. The maximum Gasteiger partial charge on any atom is 0.513 e. The van der Waals surface area contributed by atoms with Gasteiger partial charge in [-0.15, -0.1) is 0 Å². The van der Waals surface area contributed by atoms with Crippen molar-refractivity contribution in [1.82, 2.24) is 0 Å². The van der Waals surface area contributed by atoms with Crippen molar-refractivity contribution >= 4 is 50.9 Å². The molecule has 0 aromatic heterocycles. The van der Waals surface area contributed by atoms with E-state index in [1.54, 1.807) is 18.2 Å². The molecule has 3 nitrogen and oxygen atoms in total. The molecule has 5 heteroatoms. The van der Waals surface area contributed by atoms with Crippen LogP contribution in [0.5, 0.6) is 5.75 Å². The number of hydrogen-bond acceptors (Lipinski definition) is 3. The number of fused-ring (bicyclic) bond motifs is 2. The number of rotatable bonds is 4. The van der Waals surface area contributed by atoms with Crippen LogP contribution in [-0.4, -0.2) is 12.8 Å². The standard InChI is InChI=1S/C19H16Cl2O3/c1-2-3-9-23-19(22)24-18-15-11-14(20)8-7-12(15)10-13-5-4-6-16(21)17(13)18/h4-8,10-11H,2-3,9H2,1H3. The van der Waals surface area contributed by atoms with Crippen LogP contribution in [0.1, 0.15) is 19.8 Å². The van der Waals surface area contributed by atoms with E-state index in [4.69, 9.17) is 32.7 Å². The number of halogens is 2. The summed E-state index contributed by atoms with van der Waals surface area (Å²) in [6.45, 7) is 2.35. The molecule has 0 amide bonds. The molecular weight excluding hydrogens is 347 g/mol. The van der Waals surface area contributed by atoms with E-state index in [1.807, 2.05) is 31.2 Å². The molecule has 0 aliphatic carbocycles. The average molecular weight is 363 g/mol. The van der Waals surface area contributed by atoms with E-state index < -0.39 is 6.16 Å². The second kappa shape index (κ2) is 7.29. The highest BCUT2D eigenvalue weighted by Crippen LogP contribution is 2.40. The molecule has 0 bridgehead atoms. The lowest BCUT2D eigenvalue weighted by Crippen LogP contribution is -2.12. The average Bonchev–Trinajstić information content (AvgIpc) is 2.55. The molecular formula is C19H16Cl2O3. The van der Waals surface area contributed by atoms with Crippen molar-refractivity contribution in [2.24, 2.45) is 0 Å². The van der Waals surface area contributed by atoms with Crippen molar-refractivity contribution in [3.63, 3.8) is 0 Å². The highest BCUT2D eigenvalue weighted by atomic mass is 35.5. The molecule has 0 radical (unpaired) electrons. The maximum absolute atomic E-state index is 12.1. The lowest BCUT2D eigenvalue weighted by molar-refractivity contribution is 0.0988. The lowest BCUT2D eigenvalue weighted by atomic mass is 10.0. The van der Waals surface area contributed by atoms with Crippen LogP contribution in [0, 0.1) is 0 Å². The monoisotopic (exact) mass is 362 g/mol. The summed E-state index contributed by atoms with van der Waals surface area (Å²) in [5.41, 5.74) is 0. The normalized spacial score (nSPS) is 11.0. The van der Waals surface area contributed by atoms with Crippen molar-refractivity contribution in [1.29, 1.82) is 0 Å². The van der Waals surface area contributed by atoms with Crippen LogP contribution in [0.15, 0.2) is 42.5 Å². The van der Waals surface area contributed by atoms with E-state index in [0.29, 0.717) is 27.8 Å². The summed E-state index contributed by atoms with van der Waals surface area (Å²) < 4.78 is 10.6. The van der Waals surface area contributed by atoms with E-state index in [9.17, 15) is 4.79 Å². The van der Waals surface area contributed by atoms with Gasteiger partial charge in [-0.2, -0.15) is 0 Å². The quantitative estimate of drug-likeness (QED) is 0.226. The van der Waals surface area contributed by atoms with E-state index in [1.165, 1.54) is 0 Å². The van der Waals surface area contributed by atoms with Crippen LogP contribution in [0.4, 0.5) is 4.79 Å². The molecule has 24 heavy (non-hydrogen) atoms. The van der Waals surface area contributed by atoms with Crippen LogP contribution in [0.2, 0.25) is 10.0 Å². The Morgan fingerprint density at radius 2 is 1.92 bits per heavy atom. The van der Waals surface area contributed by atoms with Crippen molar-refractivity contribution in [3.05, 3.63) is 52.5 Å². The zero-order chi connectivity index (χ0) is 17.1. The highest BCUT2D eigenvalue weighted by Gasteiger charge is 2.16. The van der Waals surface area contributed by atoms with Crippen molar-refractivity contribution in [3.8, 4) is 5.75 Å². The molecule has 0 saturated heterocycles. The van der Waals surface area contributed by atoms with Crippen LogP contribution in [0.3, 0.4) is 0 Å². The van der Waals surface area contributed by atoms with E-state index >= 15 is 0 Å². The predicted molar refractivity (Wildman–Crippen MR) is 98.4 cm³/mol. The van der Waals surface area contributed by atoms with Gasteiger partial charge >= 0.3 is 6.16 Å². The zero-order valence-electron chi connectivity index (χ0n) is 13.1. The van der Waals surface area contributed by atoms with Gasteiger partial charge in [0.2, 0.25) is 0 Å². The fraction of sp³-hybridized carbons (Fsp3) is 0.211. The first-order chi connectivity index (χ1) is 11.6. The Morgan fingerprint density at radius 1 is 1.08 bits per heavy atom. The SMILES string of the molecule is CCCCOC(=O)Oc1c2cc(Cl)ccc2cc2cccc(Cl)c12. The maximum atomic E-state index is 12.1. The molecule has 3 aromatic carbocycles. The summed E-state index contributed by atoms with van der Waals surface area (Å²) >= 11 is 12.5. The van der Waals surface area contributed by atoms with Crippen molar-refractivity contribution in [2.75, 3.05) is 6.61 Å². The fourth-order valence-electron chi connectivity index (χ4n) is 2.57. The number of carbonyl (C=O) groups excluding carboxylic acids is 1.